The number of nitrogens with one attached hydrogen (secondary N) is 2. The molecule has 7 nitrogen and oxygen atoms in total. The van der Waals surface area contributed by atoms with Crippen LogP contribution in [0.15, 0.2) is 30.5 Å². The molecule has 2 heterocycles. The van der Waals surface area contributed by atoms with E-state index in [1.807, 2.05) is 18.2 Å². The molecule has 2 N–H and O–H groups in total. The van der Waals surface area contributed by atoms with Crippen molar-refractivity contribution in [3.8, 4) is 5.69 Å². The molecule has 0 aliphatic carbocycles. The number of hydrogen-bond donors (Lipinski definition) is 2. The Morgan fingerprint density at radius 3 is 2.81 bits per heavy atom. The number of nitrogens with zero attached hydrogens (tertiary/aromatic N) is 3. The average Bonchev–Trinajstić information content (AvgIpc) is 3.11. The van der Waals surface area contributed by atoms with Crippen molar-refractivity contribution < 1.29 is 9.53 Å². The van der Waals surface area contributed by atoms with E-state index in [2.05, 4.69) is 20.9 Å². The van der Waals surface area contributed by atoms with Gasteiger partial charge < -0.3 is 15.4 Å². The Morgan fingerprint density at radius 1 is 1.38 bits per heavy atom. The number of rotatable bonds is 6. The number of hydrogen-bond acceptors (Lipinski definition) is 5. The van der Waals surface area contributed by atoms with Gasteiger partial charge in [0.1, 0.15) is 0 Å². The number of carbonyl (C=O) groups excluding carboxylic acids is 1. The van der Waals surface area contributed by atoms with Gasteiger partial charge in [-0.3, -0.25) is 4.79 Å². The summed E-state index contributed by atoms with van der Waals surface area (Å²) in [6.45, 7) is 3.05. The van der Waals surface area contributed by atoms with Gasteiger partial charge in [0.05, 0.1) is 23.5 Å². The molecule has 3 rings (SSSR count). The topological polar surface area (TPSA) is 81.1 Å². The third-order valence-corrected chi connectivity index (χ3v) is 4.88. The number of ether oxygens (including phenoxy) is 1. The molecule has 1 aliphatic heterocycles. The molecule has 1 aromatic carbocycles. The zero-order valence-electron chi connectivity index (χ0n) is 14.6. The van der Waals surface area contributed by atoms with E-state index in [1.54, 1.807) is 19.4 Å². The van der Waals surface area contributed by atoms with Gasteiger partial charge in [-0.25, -0.2) is 4.68 Å². The predicted molar refractivity (Wildman–Crippen MR) is 102 cm³/mol. The SMILES string of the molecule is COCC1(CNC(=O)c2cn(-c3ccccc3Cl)nn2)CCNCC1.Cl. The zero-order chi connectivity index (χ0) is 17.7. The molecule has 0 spiro atoms. The summed E-state index contributed by atoms with van der Waals surface area (Å²) < 4.78 is 6.88. The maximum absolute atomic E-state index is 12.4. The van der Waals surface area contributed by atoms with Crippen molar-refractivity contribution in [3.05, 3.63) is 41.2 Å². The van der Waals surface area contributed by atoms with E-state index in [-0.39, 0.29) is 29.4 Å². The quantitative estimate of drug-likeness (QED) is 0.776. The molecule has 9 heteroatoms. The monoisotopic (exact) mass is 399 g/mol. The van der Waals surface area contributed by atoms with E-state index < -0.39 is 0 Å². The maximum Gasteiger partial charge on any atom is 0.273 e. The Bertz CT molecular complexity index is 726. The van der Waals surface area contributed by atoms with Crippen LogP contribution in [0.5, 0.6) is 0 Å². The van der Waals surface area contributed by atoms with E-state index in [9.17, 15) is 4.79 Å². The number of carbonyl (C=O) groups is 1. The smallest absolute Gasteiger partial charge is 0.273 e. The van der Waals surface area contributed by atoms with Gasteiger partial charge in [0.25, 0.3) is 5.91 Å². The third-order valence-electron chi connectivity index (χ3n) is 4.56. The Balaban J connectivity index is 0.00000243. The largest absolute Gasteiger partial charge is 0.384 e. The molecule has 1 aliphatic rings. The van der Waals surface area contributed by atoms with Crippen molar-refractivity contribution in [2.75, 3.05) is 33.4 Å². The summed E-state index contributed by atoms with van der Waals surface area (Å²) in [6.07, 6.45) is 3.52. The number of piperidine rings is 1. The number of halogens is 2. The molecule has 26 heavy (non-hydrogen) atoms. The van der Waals surface area contributed by atoms with E-state index >= 15 is 0 Å². The standard InChI is InChI=1S/C17H22ClN5O2.ClH/c1-25-12-17(6-8-19-9-7-17)11-20-16(24)14-10-23(22-21-14)15-5-3-2-4-13(15)18;/h2-5,10,19H,6-9,11-12H2,1H3,(H,20,24);1H. The Labute approximate surface area is 163 Å². The number of amides is 1. The fourth-order valence-electron chi connectivity index (χ4n) is 3.12. The van der Waals surface area contributed by atoms with Gasteiger partial charge in [-0.05, 0) is 38.1 Å². The van der Waals surface area contributed by atoms with Crippen molar-refractivity contribution in [2.24, 2.45) is 5.41 Å². The van der Waals surface area contributed by atoms with Gasteiger partial charge in [0.2, 0.25) is 0 Å². The van der Waals surface area contributed by atoms with E-state index in [0.717, 1.165) is 25.9 Å². The first-order chi connectivity index (χ1) is 12.1. The maximum atomic E-state index is 12.4. The van der Waals surface area contributed by atoms with Gasteiger partial charge in [-0.15, -0.1) is 17.5 Å². The highest BCUT2D eigenvalue weighted by Crippen LogP contribution is 2.28. The van der Waals surface area contributed by atoms with E-state index in [1.165, 1.54) is 4.68 Å². The summed E-state index contributed by atoms with van der Waals surface area (Å²) in [7, 11) is 1.70. The summed E-state index contributed by atoms with van der Waals surface area (Å²) in [5, 5.41) is 14.8. The van der Waals surface area contributed by atoms with Crippen molar-refractivity contribution in [3.63, 3.8) is 0 Å². The van der Waals surface area contributed by atoms with E-state index in [0.29, 0.717) is 23.9 Å². The second-order valence-electron chi connectivity index (χ2n) is 6.37. The van der Waals surface area contributed by atoms with Crippen LogP contribution in [-0.2, 0) is 4.74 Å². The van der Waals surface area contributed by atoms with Crippen LogP contribution in [-0.4, -0.2) is 54.3 Å². The fourth-order valence-corrected chi connectivity index (χ4v) is 3.34. The molecule has 1 amide bonds. The van der Waals surface area contributed by atoms with Gasteiger partial charge >= 0.3 is 0 Å². The average molecular weight is 400 g/mol. The minimum atomic E-state index is -0.243. The van der Waals surface area contributed by atoms with Crippen LogP contribution in [0.1, 0.15) is 23.3 Å². The molecule has 1 aromatic heterocycles. The minimum absolute atomic E-state index is 0. The lowest BCUT2D eigenvalue weighted by Crippen LogP contribution is -2.47. The second kappa shape index (κ2) is 9.32. The molecule has 2 aromatic rings. The van der Waals surface area contributed by atoms with Crippen molar-refractivity contribution in [1.29, 1.82) is 0 Å². The lowest BCUT2D eigenvalue weighted by Gasteiger charge is -2.37. The highest BCUT2D eigenvalue weighted by atomic mass is 35.5. The molecular weight excluding hydrogens is 377 g/mol. The Hall–Kier alpha value is -1.67. The molecule has 142 valence electrons. The Morgan fingerprint density at radius 2 is 2.12 bits per heavy atom. The van der Waals surface area contributed by atoms with Crippen LogP contribution < -0.4 is 10.6 Å². The van der Waals surface area contributed by atoms with Crippen LogP contribution in [0.3, 0.4) is 0 Å². The highest BCUT2D eigenvalue weighted by Gasteiger charge is 2.32. The summed E-state index contributed by atoms with van der Waals surface area (Å²) in [4.78, 5) is 12.4. The first kappa shape index (κ1) is 20.6. The summed E-state index contributed by atoms with van der Waals surface area (Å²) in [5.41, 5.74) is 0.917. The van der Waals surface area contributed by atoms with Gasteiger partial charge in [0, 0.05) is 19.1 Å². The van der Waals surface area contributed by atoms with Gasteiger partial charge in [0.15, 0.2) is 5.69 Å². The van der Waals surface area contributed by atoms with Crippen LogP contribution in [0.2, 0.25) is 5.02 Å². The number of para-hydroxylation sites is 1. The lowest BCUT2D eigenvalue weighted by atomic mass is 9.79. The summed E-state index contributed by atoms with van der Waals surface area (Å²) in [6, 6.07) is 7.28. The third kappa shape index (κ3) is 4.73. The highest BCUT2D eigenvalue weighted by molar-refractivity contribution is 6.32. The number of methoxy groups -OCH3 is 1. The van der Waals surface area contributed by atoms with Crippen LogP contribution in [0, 0.1) is 5.41 Å². The molecular formula is C17H23Cl2N5O2. The molecule has 0 saturated carbocycles. The molecule has 0 unspecified atom stereocenters. The molecule has 1 fully saturated rings. The lowest BCUT2D eigenvalue weighted by molar-refractivity contribution is 0.0510. The fraction of sp³-hybridized carbons (Fsp3) is 0.471. The number of benzene rings is 1. The summed E-state index contributed by atoms with van der Waals surface area (Å²) in [5.74, 6) is -0.243. The van der Waals surface area contributed by atoms with Gasteiger partial charge in [-0.1, -0.05) is 28.9 Å². The minimum Gasteiger partial charge on any atom is -0.384 e. The second-order valence-corrected chi connectivity index (χ2v) is 6.77. The molecule has 0 bridgehead atoms. The first-order valence-corrected chi connectivity index (χ1v) is 8.66. The summed E-state index contributed by atoms with van der Waals surface area (Å²) >= 11 is 6.15. The Kier molecular flexibility index (Phi) is 7.40. The van der Waals surface area contributed by atoms with E-state index in [4.69, 9.17) is 16.3 Å². The van der Waals surface area contributed by atoms with Crippen LogP contribution >= 0.6 is 24.0 Å². The molecule has 0 atom stereocenters. The van der Waals surface area contributed by atoms with Crippen LogP contribution in [0.4, 0.5) is 0 Å². The van der Waals surface area contributed by atoms with Crippen LogP contribution in [0.25, 0.3) is 5.69 Å². The normalized spacial score (nSPS) is 15.9. The first-order valence-electron chi connectivity index (χ1n) is 8.29. The number of aromatic nitrogens is 3. The predicted octanol–water partition coefficient (Wildman–Crippen LogP) is 2.09. The van der Waals surface area contributed by atoms with Crippen molar-refractivity contribution in [1.82, 2.24) is 25.6 Å². The van der Waals surface area contributed by atoms with Crippen molar-refractivity contribution in [2.45, 2.75) is 12.8 Å². The molecule has 0 radical (unpaired) electrons. The molecule has 1 saturated heterocycles. The van der Waals surface area contributed by atoms with Crippen molar-refractivity contribution >= 4 is 29.9 Å². The zero-order valence-corrected chi connectivity index (χ0v) is 16.1. The van der Waals surface area contributed by atoms with Gasteiger partial charge in [-0.2, -0.15) is 0 Å².